The third kappa shape index (κ3) is 2.65. The summed E-state index contributed by atoms with van der Waals surface area (Å²) in [6, 6.07) is 2.67. The summed E-state index contributed by atoms with van der Waals surface area (Å²) in [4.78, 5) is 23.6. The molecular weight excluding hydrogens is 300 g/mol. The van der Waals surface area contributed by atoms with Crippen LogP contribution in [0, 0.1) is 0 Å². The van der Waals surface area contributed by atoms with E-state index >= 15 is 0 Å². The van der Waals surface area contributed by atoms with E-state index in [0.717, 1.165) is 12.5 Å². The molecule has 0 bridgehead atoms. The summed E-state index contributed by atoms with van der Waals surface area (Å²) in [5.74, 6) is -0.743. The number of fused-ring (bicyclic) bond motifs is 3. The minimum absolute atomic E-state index is 0.242. The third-order valence-electron chi connectivity index (χ3n) is 3.90. The normalized spacial score (nSPS) is 15.8. The van der Waals surface area contributed by atoms with Crippen LogP contribution in [0.15, 0.2) is 21.3 Å². The highest BCUT2D eigenvalue weighted by Crippen LogP contribution is 2.41. The van der Waals surface area contributed by atoms with Gasteiger partial charge in [-0.05, 0) is 33.6 Å². The molecule has 0 spiro atoms. The molecule has 0 atom stereocenters. The van der Waals surface area contributed by atoms with Crippen molar-refractivity contribution in [1.29, 1.82) is 0 Å². The molecule has 1 aromatic carbocycles. The fourth-order valence-corrected chi connectivity index (χ4v) is 2.81. The van der Waals surface area contributed by atoms with Crippen LogP contribution in [-0.2, 0) is 6.42 Å². The van der Waals surface area contributed by atoms with Crippen molar-refractivity contribution < 1.29 is 23.8 Å². The van der Waals surface area contributed by atoms with Gasteiger partial charge in [-0.3, -0.25) is 4.79 Å². The number of hydrogen-bond donors (Lipinski definition) is 1. The number of aromatic carboxylic acids is 1. The minimum atomic E-state index is -1.28. The molecular formula is C17H18O6. The maximum Gasteiger partial charge on any atom is 0.371 e. The van der Waals surface area contributed by atoms with E-state index in [1.165, 1.54) is 0 Å². The lowest BCUT2D eigenvalue weighted by atomic mass is 9.93. The van der Waals surface area contributed by atoms with Crippen molar-refractivity contribution in [2.24, 2.45) is 0 Å². The number of aryl methyl sites for hydroxylation is 1. The lowest BCUT2D eigenvalue weighted by Gasteiger charge is -2.33. The average Bonchev–Trinajstić information content (AvgIpc) is 2.45. The van der Waals surface area contributed by atoms with Gasteiger partial charge in [0.05, 0.1) is 6.61 Å². The molecule has 2 aromatic rings. The highest BCUT2D eigenvalue weighted by atomic mass is 16.5. The summed E-state index contributed by atoms with van der Waals surface area (Å²) in [6.07, 6.45) is 1.38. The van der Waals surface area contributed by atoms with Crippen LogP contribution in [0.1, 0.15) is 43.3 Å². The molecule has 3 rings (SSSR count). The first-order valence-electron chi connectivity index (χ1n) is 7.51. The summed E-state index contributed by atoms with van der Waals surface area (Å²) >= 11 is 0. The smallest absolute Gasteiger partial charge is 0.371 e. The highest BCUT2D eigenvalue weighted by molar-refractivity contribution is 5.92. The summed E-state index contributed by atoms with van der Waals surface area (Å²) in [5, 5.41) is 9.40. The molecule has 0 unspecified atom stereocenters. The van der Waals surface area contributed by atoms with Gasteiger partial charge in [-0.2, -0.15) is 0 Å². The zero-order valence-corrected chi connectivity index (χ0v) is 13.3. The van der Waals surface area contributed by atoms with Gasteiger partial charge in [0.2, 0.25) is 5.76 Å². The first kappa shape index (κ1) is 15.4. The van der Waals surface area contributed by atoms with Crippen LogP contribution in [0.4, 0.5) is 0 Å². The van der Waals surface area contributed by atoms with Gasteiger partial charge in [0, 0.05) is 17.7 Å². The molecule has 1 N–H and O–H groups in total. The number of carboxylic acids is 1. The van der Waals surface area contributed by atoms with Crippen molar-refractivity contribution in [3.8, 4) is 11.5 Å². The first-order valence-corrected chi connectivity index (χ1v) is 7.51. The summed E-state index contributed by atoms with van der Waals surface area (Å²) in [6.45, 7) is 6.13. The second-order valence-electron chi connectivity index (χ2n) is 6.13. The predicted molar refractivity (Wildman–Crippen MR) is 83.6 cm³/mol. The molecule has 23 heavy (non-hydrogen) atoms. The topological polar surface area (TPSA) is 86.0 Å². The van der Waals surface area contributed by atoms with E-state index in [1.807, 2.05) is 20.8 Å². The molecule has 0 saturated carbocycles. The van der Waals surface area contributed by atoms with Crippen molar-refractivity contribution >= 4 is 16.9 Å². The number of rotatable bonds is 3. The van der Waals surface area contributed by atoms with Gasteiger partial charge in [-0.25, -0.2) is 4.79 Å². The Kier molecular flexibility index (Phi) is 3.55. The second kappa shape index (κ2) is 5.30. The molecule has 1 aromatic heterocycles. The van der Waals surface area contributed by atoms with Gasteiger partial charge in [0.25, 0.3) is 0 Å². The van der Waals surface area contributed by atoms with Crippen LogP contribution in [0.3, 0.4) is 0 Å². The van der Waals surface area contributed by atoms with Crippen molar-refractivity contribution in [2.75, 3.05) is 6.61 Å². The molecule has 1 aliphatic heterocycles. The van der Waals surface area contributed by atoms with E-state index in [2.05, 4.69) is 0 Å². The van der Waals surface area contributed by atoms with Gasteiger partial charge in [-0.15, -0.1) is 0 Å². The van der Waals surface area contributed by atoms with E-state index in [1.54, 1.807) is 6.07 Å². The van der Waals surface area contributed by atoms with Gasteiger partial charge in [0.15, 0.2) is 5.43 Å². The van der Waals surface area contributed by atoms with Gasteiger partial charge < -0.3 is 19.0 Å². The maximum absolute atomic E-state index is 12.4. The van der Waals surface area contributed by atoms with Crippen LogP contribution < -0.4 is 14.9 Å². The Morgan fingerprint density at radius 3 is 2.78 bits per heavy atom. The quantitative estimate of drug-likeness (QED) is 0.936. The van der Waals surface area contributed by atoms with E-state index < -0.39 is 11.4 Å². The van der Waals surface area contributed by atoms with E-state index in [-0.39, 0.29) is 22.3 Å². The zero-order chi connectivity index (χ0) is 16.8. The van der Waals surface area contributed by atoms with Crippen LogP contribution in [0.5, 0.6) is 11.5 Å². The van der Waals surface area contributed by atoms with Crippen molar-refractivity contribution in [3.05, 3.63) is 33.7 Å². The number of carbonyl (C=O) groups is 1. The lowest BCUT2D eigenvalue weighted by Crippen LogP contribution is -2.32. The monoisotopic (exact) mass is 318 g/mol. The molecule has 6 nitrogen and oxygen atoms in total. The molecule has 1 aliphatic rings. The third-order valence-corrected chi connectivity index (χ3v) is 3.90. The Morgan fingerprint density at radius 1 is 1.39 bits per heavy atom. The zero-order valence-electron chi connectivity index (χ0n) is 13.3. The highest BCUT2D eigenvalue weighted by Gasteiger charge is 2.31. The SMILES string of the molecule is CCOc1cc2c(c3oc(C(=O)O)cc(=O)c13)CCC(C)(C)O2. The van der Waals surface area contributed by atoms with Crippen LogP contribution in [0.25, 0.3) is 11.0 Å². The Balaban J connectivity index is 2.36. The Morgan fingerprint density at radius 2 is 2.13 bits per heavy atom. The number of benzene rings is 1. The molecule has 2 heterocycles. The molecule has 0 radical (unpaired) electrons. The Labute approximate surface area is 132 Å². The van der Waals surface area contributed by atoms with Crippen LogP contribution >= 0.6 is 0 Å². The predicted octanol–water partition coefficient (Wildman–Crippen LogP) is 2.99. The van der Waals surface area contributed by atoms with E-state index in [0.29, 0.717) is 30.1 Å². The molecule has 6 heteroatoms. The maximum atomic E-state index is 12.4. The average molecular weight is 318 g/mol. The van der Waals surface area contributed by atoms with Crippen LogP contribution in [0.2, 0.25) is 0 Å². The molecule has 122 valence electrons. The minimum Gasteiger partial charge on any atom is -0.493 e. The summed E-state index contributed by atoms with van der Waals surface area (Å²) in [5.41, 5.74) is 0.184. The summed E-state index contributed by atoms with van der Waals surface area (Å²) < 4.78 is 17.0. The van der Waals surface area contributed by atoms with Crippen LogP contribution in [-0.4, -0.2) is 23.3 Å². The van der Waals surface area contributed by atoms with Crippen molar-refractivity contribution in [1.82, 2.24) is 0 Å². The first-order chi connectivity index (χ1) is 10.8. The second-order valence-corrected chi connectivity index (χ2v) is 6.13. The lowest BCUT2D eigenvalue weighted by molar-refractivity contribution is 0.0660. The fraction of sp³-hybridized carbons (Fsp3) is 0.412. The Hall–Kier alpha value is -2.50. The van der Waals surface area contributed by atoms with Gasteiger partial charge >= 0.3 is 5.97 Å². The van der Waals surface area contributed by atoms with E-state index in [4.69, 9.17) is 19.0 Å². The van der Waals surface area contributed by atoms with Gasteiger partial charge in [-0.1, -0.05) is 0 Å². The molecule has 0 amide bonds. The van der Waals surface area contributed by atoms with Gasteiger partial charge in [0.1, 0.15) is 28.1 Å². The molecule has 0 saturated heterocycles. The molecule has 0 fully saturated rings. The van der Waals surface area contributed by atoms with Crippen molar-refractivity contribution in [3.63, 3.8) is 0 Å². The fourth-order valence-electron chi connectivity index (χ4n) is 2.81. The standard InChI is InChI=1S/C17H18O6/c1-4-21-12-8-11-9(5-6-17(2,3)23-11)15-14(12)10(18)7-13(22-15)16(19)20/h7-8H,4-6H2,1-3H3,(H,19,20). The summed E-state index contributed by atoms with van der Waals surface area (Å²) in [7, 11) is 0. The number of hydrogen-bond acceptors (Lipinski definition) is 5. The van der Waals surface area contributed by atoms with E-state index in [9.17, 15) is 9.59 Å². The molecule has 0 aliphatic carbocycles. The largest absolute Gasteiger partial charge is 0.493 e. The number of ether oxygens (including phenoxy) is 2. The van der Waals surface area contributed by atoms with Crippen molar-refractivity contribution in [2.45, 2.75) is 39.2 Å². The number of carboxylic acid groups (broad SMARTS) is 1. The Bertz CT molecular complexity index is 846.